The molecule has 2 aromatic heterocycles. The van der Waals surface area contributed by atoms with Crippen molar-refractivity contribution in [3.63, 3.8) is 0 Å². The third-order valence-corrected chi connectivity index (χ3v) is 6.32. The summed E-state index contributed by atoms with van der Waals surface area (Å²) in [7, 11) is 0. The van der Waals surface area contributed by atoms with E-state index in [0.717, 1.165) is 35.1 Å². The number of benzene rings is 1. The van der Waals surface area contributed by atoms with Gasteiger partial charge in [-0.25, -0.2) is 4.68 Å². The average molecular weight is 425 g/mol. The van der Waals surface area contributed by atoms with E-state index in [1.165, 1.54) is 12.8 Å². The number of aliphatic hydroxyl groups excluding tert-OH is 1. The Balaban J connectivity index is 1.69. The topological polar surface area (TPSA) is 99.9 Å². The van der Waals surface area contributed by atoms with E-state index in [4.69, 9.17) is 0 Å². The van der Waals surface area contributed by atoms with Crippen molar-refractivity contribution in [1.29, 1.82) is 0 Å². The van der Waals surface area contributed by atoms with Crippen molar-refractivity contribution in [2.24, 2.45) is 5.92 Å². The van der Waals surface area contributed by atoms with E-state index in [1.54, 1.807) is 0 Å². The normalized spacial score (nSPS) is 16.1. The fourth-order valence-corrected chi connectivity index (χ4v) is 4.83. The lowest BCUT2D eigenvalue weighted by atomic mass is 10.00. The Labute approximate surface area is 182 Å². The van der Waals surface area contributed by atoms with Crippen LogP contribution in [0.2, 0.25) is 0 Å². The minimum Gasteiger partial charge on any atom is -0.395 e. The molecule has 2 heterocycles. The van der Waals surface area contributed by atoms with Gasteiger partial charge >= 0.3 is 0 Å². The van der Waals surface area contributed by atoms with E-state index in [9.17, 15) is 9.90 Å². The highest BCUT2D eigenvalue weighted by atomic mass is 16.3. The Kier molecular flexibility index (Phi) is 6.48. The minimum absolute atomic E-state index is 0.00110. The zero-order valence-electron chi connectivity index (χ0n) is 18.6. The molecule has 1 aliphatic rings. The summed E-state index contributed by atoms with van der Waals surface area (Å²) in [4.78, 5) is 18.0. The molecule has 0 spiro atoms. The number of nitrogens with one attached hydrogen (secondary N) is 1. The number of aryl methyl sites for hydroxylation is 1. The molecule has 1 aliphatic carbocycles. The molecule has 0 amide bonds. The van der Waals surface area contributed by atoms with Crippen LogP contribution < -0.4 is 5.56 Å². The summed E-state index contributed by atoms with van der Waals surface area (Å²) < 4.78 is 1.98. The van der Waals surface area contributed by atoms with Gasteiger partial charge in [-0.2, -0.15) is 0 Å². The Bertz CT molecular complexity index is 1080. The second kappa shape index (κ2) is 9.28. The summed E-state index contributed by atoms with van der Waals surface area (Å²) in [6, 6.07) is 8.24. The Morgan fingerprint density at radius 1 is 1.26 bits per heavy atom. The van der Waals surface area contributed by atoms with Gasteiger partial charge in [0.2, 0.25) is 0 Å². The van der Waals surface area contributed by atoms with Gasteiger partial charge in [0.1, 0.15) is 0 Å². The molecule has 4 rings (SSSR count). The summed E-state index contributed by atoms with van der Waals surface area (Å²) in [6.07, 6.45) is 4.57. The van der Waals surface area contributed by atoms with Crippen molar-refractivity contribution >= 4 is 10.9 Å². The molecular weight excluding hydrogens is 392 g/mol. The maximum Gasteiger partial charge on any atom is 0.252 e. The smallest absolute Gasteiger partial charge is 0.252 e. The maximum atomic E-state index is 12.8. The molecular formula is C23H32N6O2. The van der Waals surface area contributed by atoms with E-state index in [-0.39, 0.29) is 24.1 Å². The third-order valence-electron chi connectivity index (χ3n) is 6.32. The highest BCUT2D eigenvalue weighted by molar-refractivity contribution is 5.79. The Morgan fingerprint density at radius 3 is 2.74 bits per heavy atom. The van der Waals surface area contributed by atoms with Gasteiger partial charge in [-0.05, 0) is 59.2 Å². The maximum absolute atomic E-state index is 12.8. The summed E-state index contributed by atoms with van der Waals surface area (Å²) in [5, 5.41) is 23.5. The van der Waals surface area contributed by atoms with Crippen LogP contribution in [-0.2, 0) is 6.54 Å². The van der Waals surface area contributed by atoms with Gasteiger partial charge < -0.3 is 10.1 Å². The summed E-state index contributed by atoms with van der Waals surface area (Å²) in [6.45, 7) is 7.13. The van der Waals surface area contributed by atoms with Crippen LogP contribution in [0, 0.1) is 12.8 Å². The quantitative estimate of drug-likeness (QED) is 0.576. The molecule has 1 unspecified atom stereocenters. The lowest BCUT2D eigenvalue weighted by Gasteiger charge is -2.33. The molecule has 0 aliphatic heterocycles. The number of aliphatic hydroxyl groups is 1. The van der Waals surface area contributed by atoms with Crippen LogP contribution in [0.1, 0.15) is 68.6 Å². The highest BCUT2D eigenvalue weighted by Gasteiger charge is 2.32. The van der Waals surface area contributed by atoms with E-state index < -0.39 is 0 Å². The predicted octanol–water partition coefficient (Wildman–Crippen LogP) is 3.13. The molecule has 8 nitrogen and oxygen atoms in total. The van der Waals surface area contributed by atoms with Crippen LogP contribution in [0.3, 0.4) is 0 Å². The van der Waals surface area contributed by atoms with Crippen molar-refractivity contribution in [2.75, 3.05) is 13.2 Å². The van der Waals surface area contributed by atoms with Crippen LogP contribution in [0.4, 0.5) is 0 Å². The van der Waals surface area contributed by atoms with E-state index >= 15 is 0 Å². The number of aromatic nitrogens is 5. The molecule has 0 bridgehead atoms. The number of aromatic amines is 1. The average Bonchev–Trinajstić information content (AvgIpc) is 3.40. The van der Waals surface area contributed by atoms with E-state index in [0.29, 0.717) is 24.7 Å². The molecule has 3 aromatic rings. The second-order valence-electron chi connectivity index (χ2n) is 9.02. The van der Waals surface area contributed by atoms with Crippen molar-refractivity contribution < 1.29 is 5.11 Å². The Hall–Kier alpha value is -2.58. The number of rotatable bonds is 8. The molecule has 1 fully saturated rings. The molecule has 0 saturated heterocycles. The number of hydrogen-bond acceptors (Lipinski definition) is 6. The number of nitrogens with zero attached hydrogens (tertiary/aromatic N) is 5. The number of fused-ring (bicyclic) bond motifs is 1. The minimum atomic E-state index is -0.101. The van der Waals surface area contributed by atoms with Crippen LogP contribution in [0.25, 0.3) is 10.9 Å². The lowest BCUT2D eigenvalue weighted by Crippen LogP contribution is -2.37. The van der Waals surface area contributed by atoms with Gasteiger partial charge in [0.05, 0.1) is 18.7 Å². The first-order valence-electron chi connectivity index (χ1n) is 11.2. The van der Waals surface area contributed by atoms with Crippen molar-refractivity contribution in [3.05, 3.63) is 51.6 Å². The molecule has 0 radical (unpaired) electrons. The molecule has 2 N–H and O–H groups in total. The van der Waals surface area contributed by atoms with Gasteiger partial charge in [0, 0.05) is 24.2 Å². The molecule has 31 heavy (non-hydrogen) atoms. The number of tetrazole rings is 1. The first-order chi connectivity index (χ1) is 15.0. The fourth-order valence-electron chi connectivity index (χ4n) is 4.83. The monoisotopic (exact) mass is 424 g/mol. The first-order valence-corrected chi connectivity index (χ1v) is 11.2. The van der Waals surface area contributed by atoms with Gasteiger partial charge in [-0.1, -0.05) is 38.8 Å². The summed E-state index contributed by atoms with van der Waals surface area (Å²) in [5.41, 5.74) is 2.53. The first kappa shape index (κ1) is 21.6. The van der Waals surface area contributed by atoms with Crippen LogP contribution in [0.15, 0.2) is 29.1 Å². The van der Waals surface area contributed by atoms with Crippen LogP contribution in [-0.4, -0.2) is 48.3 Å². The molecule has 8 heteroatoms. The van der Waals surface area contributed by atoms with E-state index in [2.05, 4.69) is 39.3 Å². The summed E-state index contributed by atoms with van der Waals surface area (Å²) >= 11 is 0. The van der Waals surface area contributed by atoms with Gasteiger partial charge in [-0.15, -0.1) is 5.10 Å². The predicted molar refractivity (Wildman–Crippen MR) is 120 cm³/mol. The third kappa shape index (κ3) is 4.55. The largest absolute Gasteiger partial charge is 0.395 e. The summed E-state index contributed by atoms with van der Waals surface area (Å²) in [5.74, 6) is 1.03. The zero-order valence-corrected chi connectivity index (χ0v) is 18.6. The second-order valence-corrected chi connectivity index (χ2v) is 9.02. The van der Waals surface area contributed by atoms with Crippen molar-refractivity contribution in [1.82, 2.24) is 30.1 Å². The van der Waals surface area contributed by atoms with Crippen molar-refractivity contribution in [2.45, 2.75) is 65.1 Å². The fraction of sp³-hybridized carbons (Fsp3) is 0.565. The zero-order chi connectivity index (χ0) is 22.0. The molecule has 1 atom stereocenters. The number of hydrogen-bond donors (Lipinski definition) is 2. The van der Waals surface area contributed by atoms with Crippen LogP contribution in [0.5, 0.6) is 0 Å². The number of H-pyrrole nitrogens is 1. The molecule has 1 saturated carbocycles. The lowest BCUT2D eigenvalue weighted by molar-refractivity contribution is 0.104. The van der Waals surface area contributed by atoms with Gasteiger partial charge in [0.15, 0.2) is 5.82 Å². The van der Waals surface area contributed by atoms with Gasteiger partial charge in [0.25, 0.3) is 5.56 Å². The number of pyridine rings is 1. The Morgan fingerprint density at radius 2 is 2.03 bits per heavy atom. The molecule has 166 valence electrons. The van der Waals surface area contributed by atoms with Crippen molar-refractivity contribution in [3.8, 4) is 0 Å². The standard InChI is InChI=1S/C23H32N6O2/c1-15(2)21(22-25-26-27-29(22)19-6-4-5-7-19)28(10-11-30)14-18-13-17-9-8-16(3)12-20(17)24-23(18)31/h8-9,12-13,15,19,21,30H,4-7,10-11,14H2,1-3H3,(H,24,31). The molecule has 1 aromatic carbocycles. The van der Waals surface area contributed by atoms with Gasteiger partial charge in [-0.3, -0.25) is 9.69 Å². The van der Waals surface area contributed by atoms with E-state index in [1.807, 2.05) is 35.9 Å². The highest BCUT2D eigenvalue weighted by Crippen LogP contribution is 2.34. The van der Waals surface area contributed by atoms with Crippen LogP contribution >= 0.6 is 0 Å². The SMILES string of the molecule is Cc1ccc2cc(CN(CCO)C(c3nnnn3C3CCCC3)C(C)C)c(=O)[nH]c2c1.